The van der Waals surface area contributed by atoms with Gasteiger partial charge in [0.15, 0.2) is 5.60 Å². The van der Waals surface area contributed by atoms with E-state index in [4.69, 9.17) is 0 Å². The van der Waals surface area contributed by atoms with Crippen LogP contribution in [0.15, 0.2) is 18.2 Å². The smallest absolute Gasteiger partial charge is 0.380 e. The lowest BCUT2D eigenvalue weighted by molar-refractivity contribution is -0.290. The van der Waals surface area contributed by atoms with E-state index in [9.17, 15) is 35.5 Å². The number of sulfonamides is 1. The van der Waals surface area contributed by atoms with Crippen molar-refractivity contribution in [2.24, 2.45) is 0 Å². The molecule has 1 aromatic rings. The molecule has 0 aliphatic heterocycles. The minimum Gasteiger partial charge on any atom is -0.380 e. The lowest BCUT2D eigenvalue weighted by Crippen LogP contribution is -2.62. The Balaban J connectivity index is 1.99. The minimum atomic E-state index is -4.84. The Kier molecular flexibility index (Phi) is 4.22. The van der Waals surface area contributed by atoms with Crippen molar-refractivity contribution >= 4 is 10.0 Å². The Morgan fingerprint density at radius 1 is 1.27 bits per heavy atom. The van der Waals surface area contributed by atoms with E-state index in [0.29, 0.717) is 6.07 Å². The summed E-state index contributed by atoms with van der Waals surface area (Å²) in [7, 11) is -4.12. The molecule has 124 valence electrons. The number of hydrogen-bond donors (Lipinski definition) is 2. The summed E-state index contributed by atoms with van der Waals surface area (Å²) in [4.78, 5) is 0. The van der Waals surface area contributed by atoms with E-state index in [1.54, 1.807) is 0 Å². The van der Waals surface area contributed by atoms with E-state index in [1.165, 1.54) is 0 Å². The molecule has 0 heterocycles. The number of nitrogens with one attached hydrogen (secondary N) is 1. The van der Waals surface area contributed by atoms with E-state index in [1.807, 2.05) is 4.72 Å². The molecule has 0 spiro atoms. The predicted molar refractivity (Wildman–Crippen MR) is 66.1 cm³/mol. The van der Waals surface area contributed by atoms with Gasteiger partial charge < -0.3 is 5.11 Å². The predicted octanol–water partition coefficient (Wildman–Crippen LogP) is 1.84. The standard InChI is InChI=1S/C12H12F5NO3S/c13-8-2-1-7(10(14)3-8)6-22(20,21)18-9-4-11(19,5-9)12(15,16)17/h1-3,9,18-19H,4-6H2. The van der Waals surface area contributed by atoms with Crippen LogP contribution in [-0.2, 0) is 15.8 Å². The number of rotatable bonds is 4. The first-order chi connectivity index (χ1) is 9.92. The van der Waals surface area contributed by atoms with Gasteiger partial charge in [-0.25, -0.2) is 21.9 Å². The molecule has 0 amide bonds. The molecule has 1 aliphatic carbocycles. The Labute approximate surface area is 123 Å². The molecule has 1 aliphatic rings. The van der Waals surface area contributed by atoms with Crippen molar-refractivity contribution < 1.29 is 35.5 Å². The highest BCUT2D eigenvalue weighted by Gasteiger charge is 2.61. The molecule has 2 N–H and O–H groups in total. The average Bonchev–Trinajstić information content (AvgIpc) is 2.29. The van der Waals surface area contributed by atoms with Crippen molar-refractivity contribution in [3.63, 3.8) is 0 Å². The molecule has 0 unspecified atom stereocenters. The van der Waals surface area contributed by atoms with E-state index < -0.39 is 58.1 Å². The van der Waals surface area contributed by atoms with Crippen LogP contribution in [-0.4, -0.2) is 31.3 Å². The Morgan fingerprint density at radius 2 is 1.86 bits per heavy atom. The highest BCUT2D eigenvalue weighted by Crippen LogP contribution is 2.45. The zero-order chi connectivity index (χ0) is 16.8. The molecule has 0 saturated heterocycles. The fraction of sp³-hybridized carbons (Fsp3) is 0.500. The van der Waals surface area contributed by atoms with Gasteiger partial charge in [-0.05, 0) is 6.07 Å². The average molecular weight is 345 g/mol. The van der Waals surface area contributed by atoms with E-state index >= 15 is 0 Å². The maximum atomic E-state index is 13.4. The molecule has 0 atom stereocenters. The first-order valence-corrected chi connectivity index (χ1v) is 7.80. The summed E-state index contributed by atoms with van der Waals surface area (Å²) in [6.07, 6.45) is -6.44. The second-order valence-corrected chi connectivity index (χ2v) is 7.00. The van der Waals surface area contributed by atoms with Crippen LogP contribution in [0.2, 0.25) is 0 Å². The maximum Gasteiger partial charge on any atom is 0.417 e. The summed E-state index contributed by atoms with van der Waals surface area (Å²) in [5, 5.41) is 9.22. The molecular formula is C12H12F5NO3S. The van der Waals surface area contributed by atoms with Gasteiger partial charge in [-0.15, -0.1) is 0 Å². The molecule has 1 saturated carbocycles. The van der Waals surface area contributed by atoms with Gasteiger partial charge in [-0.3, -0.25) is 0 Å². The summed E-state index contributed by atoms with van der Waals surface area (Å²) in [6, 6.07) is 1.24. The number of halogens is 5. The Hall–Kier alpha value is -1.26. The molecule has 2 rings (SSSR count). The quantitative estimate of drug-likeness (QED) is 0.819. The first-order valence-electron chi connectivity index (χ1n) is 6.15. The van der Waals surface area contributed by atoms with Crippen LogP contribution in [0.5, 0.6) is 0 Å². The molecule has 22 heavy (non-hydrogen) atoms. The van der Waals surface area contributed by atoms with E-state index in [-0.39, 0.29) is 5.56 Å². The molecule has 0 bridgehead atoms. The van der Waals surface area contributed by atoms with Gasteiger partial charge in [0.25, 0.3) is 0 Å². The van der Waals surface area contributed by atoms with E-state index in [2.05, 4.69) is 0 Å². The molecule has 0 radical (unpaired) electrons. The Morgan fingerprint density at radius 3 is 2.36 bits per heavy atom. The van der Waals surface area contributed by atoms with Crippen LogP contribution >= 0.6 is 0 Å². The van der Waals surface area contributed by atoms with Gasteiger partial charge in [0.05, 0.1) is 5.75 Å². The third-order valence-corrected chi connectivity index (χ3v) is 4.79. The Bertz CT molecular complexity index is 668. The van der Waals surface area contributed by atoms with E-state index in [0.717, 1.165) is 12.1 Å². The minimum absolute atomic E-state index is 0.306. The number of hydrogen-bond acceptors (Lipinski definition) is 3. The highest BCUT2D eigenvalue weighted by molar-refractivity contribution is 7.88. The van der Waals surface area contributed by atoms with Gasteiger partial charge in [-0.1, -0.05) is 6.07 Å². The highest BCUT2D eigenvalue weighted by atomic mass is 32.2. The second kappa shape index (κ2) is 5.43. The molecule has 4 nitrogen and oxygen atoms in total. The summed E-state index contributed by atoms with van der Waals surface area (Å²) in [6.45, 7) is 0. The lowest BCUT2D eigenvalue weighted by atomic mass is 9.76. The third-order valence-electron chi connectivity index (χ3n) is 3.40. The van der Waals surface area contributed by atoms with Crippen molar-refractivity contribution in [3.8, 4) is 0 Å². The van der Waals surface area contributed by atoms with Gasteiger partial charge in [0, 0.05) is 30.5 Å². The largest absolute Gasteiger partial charge is 0.417 e. The molecular weight excluding hydrogens is 333 g/mol. The number of benzene rings is 1. The van der Waals surface area contributed by atoms with Crippen LogP contribution in [0.3, 0.4) is 0 Å². The van der Waals surface area contributed by atoms with Crippen LogP contribution in [0.1, 0.15) is 18.4 Å². The van der Waals surface area contributed by atoms with Crippen LogP contribution in [0.4, 0.5) is 22.0 Å². The summed E-state index contributed by atoms with van der Waals surface area (Å²) >= 11 is 0. The molecule has 10 heteroatoms. The van der Waals surface area contributed by atoms with Gasteiger partial charge in [0.2, 0.25) is 10.0 Å². The first kappa shape index (κ1) is 17.1. The van der Waals surface area contributed by atoms with Gasteiger partial charge >= 0.3 is 6.18 Å². The fourth-order valence-corrected chi connectivity index (χ4v) is 3.61. The van der Waals surface area contributed by atoms with Gasteiger partial charge in [-0.2, -0.15) is 13.2 Å². The normalized spacial score (nSPS) is 25.8. The summed E-state index contributed by atoms with van der Waals surface area (Å²) < 4.78 is 88.8. The van der Waals surface area contributed by atoms with Crippen LogP contribution in [0, 0.1) is 11.6 Å². The van der Waals surface area contributed by atoms with Crippen molar-refractivity contribution in [3.05, 3.63) is 35.4 Å². The number of alkyl halides is 3. The lowest BCUT2D eigenvalue weighted by Gasteiger charge is -2.44. The van der Waals surface area contributed by atoms with Crippen molar-refractivity contribution in [1.29, 1.82) is 0 Å². The van der Waals surface area contributed by atoms with Crippen molar-refractivity contribution in [2.75, 3.05) is 0 Å². The van der Waals surface area contributed by atoms with Crippen LogP contribution in [0.25, 0.3) is 0 Å². The molecule has 1 fully saturated rings. The van der Waals surface area contributed by atoms with Gasteiger partial charge in [0.1, 0.15) is 11.6 Å². The summed E-state index contributed by atoms with van der Waals surface area (Å²) in [5.41, 5.74) is -3.21. The third kappa shape index (κ3) is 3.55. The topological polar surface area (TPSA) is 66.4 Å². The molecule has 1 aromatic carbocycles. The van der Waals surface area contributed by atoms with Crippen molar-refractivity contribution in [1.82, 2.24) is 4.72 Å². The summed E-state index contributed by atoms with van der Waals surface area (Å²) in [5.74, 6) is -2.77. The second-order valence-electron chi connectivity index (χ2n) is 5.25. The molecule has 0 aromatic heterocycles. The SMILES string of the molecule is O=S(=O)(Cc1ccc(F)cc1F)NC1CC(O)(C(F)(F)F)C1. The zero-order valence-corrected chi connectivity index (χ0v) is 11.8. The fourth-order valence-electron chi connectivity index (χ4n) is 2.21. The van der Waals surface area contributed by atoms with Crippen LogP contribution < -0.4 is 4.72 Å². The van der Waals surface area contributed by atoms with Crippen molar-refractivity contribution in [2.45, 2.75) is 36.4 Å². The maximum absolute atomic E-state index is 13.4. The zero-order valence-electron chi connectivity index (χ0n) is 11.0. The monoisotopic (exact) mass is 345 g/mol. The number of aliphatic hydroxyl groups is 1.